The highest BCUT2D eigenvalue weighted by atomic mass is 32.2. The Hall–Kier alpha value is -3.68. The van der Waals surface area contributed by atoms with E-state index < -0.39 is 11.4 Å². The number of carbonyl (C=O) groups excluding carboxylic acids is 1. The largest absolute Gasteiger partial charge is 0.508 e. The number of amides is 1. The Kier molecular flexibility index (Phi) is 6.76. The number of aromatic nitrogens is 1. The van der Waals surface area contributed by atoms with Crippen LogP contribution in [-0.4, -0.2) is 32.1 Å². The maximum absolute atomic E-state index is 13.3. The summed E-state index contributed by atoms with van der Waals surface area (Å²) in [6, 6.07) is 24.1. The van der Waals surface area contributed by atoms with Crippen molar-refractivity contribution in [1.82, 2.24) is 4.98 Å². The number of hydrogen-bond donors (Lipinski definition) is 2. The first kappa shape index (κ1) is 24.0. The van der Waals surface area contributed by atoms with E-state index in [0.717, 1.165) is 28.1 Å². The molecule has 5 rings (SSSR count). The molecule has 36 heavy (non-hydrogen) atoms. The van der Waals surface area contributed by atoms with Gasteiger partial charge in [0.15, 0.2) is 0 Å². The first-order chi connectivity index (χ1) is 17.4. The average molecular weight is 501 g/mol. The van der Waals surface area contributed by atoms with Gasteiger partial charge in [0.1, 0.15) is 16.8 Å². The normalized spacial score (nSPS) is 18.1. The fourth-order valence-corrected chi connectivity index (χ4v) is 5.64. The SMILES string of the molecule is Cc1ccc(-c2ccc(N3C(=O)[C@H](SC[C@H](O)c4ccc(F)cc4)[C@H]3c3ccc(O)cc3)cc2)cn1. The number of aryl methyl sites for hydroxylation is 1. The van der Waals surface area contributed by atoms with Gasteiger partial charge in [-0.15, -0.1) is 11.8 Å². The van der Waals surface area contributed by atoms with Crippen LogP contribution < -0.4 is 4.90 Å². The number of pyridine rings is 1. The van der Waals surface area contributed by atoms with Crippen LogP contribution in [0.4, 0.5) is 10.1 Å². The van der Waals surface area contributed by atoms with Gasteiger partial charge in [0.2, 0.25) is 5.91 Å². The minimum Gasteiger partial charge on any atom is -0.508 e. The number of rotatable bonds is 7. The van der Waals surface area contributed by atoms with E-state index in [1.165, 1.54) is 23.9 Å². The molecular weight excluding hydrogens is 475 g/mol. The van der Waals surface area contributed by atoms with Crippen LogP contribution in [0, 0.1) is 12.7 Å². The van der Waals surface area contributed by atoms with Gasteiger partial charge in [-0.05, 0) is 66.1 Å². The predicted molar refractivity (Wildman–Crippen MR) is 140 cm³/mol. The van der Waals surface area contributed by atoms with E-state index >= 15 is 0 Å². The smallest absolute Gasteiger partial charge is 0.243 e. The van der Waals surface area contributed by atoms with E-state index in [-0.39, 0.29) is 23.5 Å². The van der Waals surface area contributed by atoms with Crippen molar-refractivity contribution < 1.29 is 19.4 Å². The lowest BCUT2D eigenvalue weighted by Crippen LogP contribution is -2.57. The van der Waals surface area contributed by atoms with Gasteiger partial charge in [-0.1, -0.05) is 42.5 Å². The highest BCUT2D eigenvalue weighted by molar-refractivity contribution is 8.00. The molecule has 0 unspecified atom stereocenters. The van der Waals surface area contributed by atoms with E-state index in [4.69, 9.17) is 0 Å². The monoisotopic (exact) mass is 500 g/mol. The second-order valence-corrected chi connectivity index (χ2v) is 9.98. The fourth-order valence-electron chi connectivity index (χ4n) is 4.34. The number of aliphatic hydroxyl groups is 1. The molecule has 1 amide bonds. The molecule has 1 fully saturated rings. The molecular formula is C29H25FN2O3S. The van der Waals surface area contributed by atoms with Crippen LogP contribution in [0.15, 0.2) is 91.1 Å². The van der Waals surface area contributed by atoms with E-state index in [0.29, 0.717) is 11.3 Å². The summed E-state index contributed by atoms with van der Waals surface area (Å²) in [5, 5.41) is 20.0. The van der Waals surface area contributed by atoms with Crippen molar-refractivity contribution in [1.29, 1.82) is 0 Å². The number of aromatic hydroxyl groups is 1. The molecule has 1 aliphatic heterocycles. The highest BCUT2D eigenvalue weighted by Gasteiger charge is 2.49. The maximum Gasteiger partial charge on any atom is 0.243 e. The molecule has 0 radical (unpaired) electrons. The first-order valence-corrected chi connectivity index (χ1v) is 12.7. The van der Waals surface area contributed by atoms with Crippen molar-refractivity contribution in [2.45, 2.75) is 24.3 Å². The molecule has 0 bridgehead atoms. The second-order valence-electron chi connectivity index (χ2n) is 8.80. The van der Waals surface area contributed by atoms with Crippen molar-refractivity contribution in [2.24, 2.45) is 0 Å². The zero-order valence-electron chi connectivity index (χ0n) is 19.6. The Balaban J connectivity index is 1.37. The van der Waals surface area contributed by atoms with Crippen LogP contribution in [0.5, 0.6) is 5.75 Å². The lowest BCUT2D eigenvalue weighted by Gasteiger charge is -2.47. The Morgan fingerprint density at radius 1 is 0.944 bits per heavy atom. The standard InChI is InChI=1S/C29H25FN2O3S/c1-18-2-3-22(16-31-18)19-6-12-24(13-7-19)32-27(21-8-14-25(33)15-9-21)28(29(32)35)36-17-26(34)20-4-10-23(30)11-5-20/h2-16,26-28,33-34H,17H2,1H3/t26-,27+,28+/m0/s1. The Labute approximate surface area is 213 Å². The van der Waals surface area contributed by atoms with Crippen LogP contribution in [0.2, 0.25) is 0 Å². The van der Waals surface area contributed by atoms with Gasteiger partial charge in [-0.2, -0.15) is 0 Å². The molecule has 0 saturated carbocycles. The number of anilines is 1. The lowest BCUT2D eigenvalue weighted by molar-refractivity contribution is -0.123. The number of carbonyl (C=O) groups is 1. The van der Waals surface area contributed by atoms with Gasteiger partial charge >= 0.3 is 0 Å². The van der Waals surface area contributed by atoms with Crippen LogP contribution in [0.1, 0.15) is 29.0 Å². The van der Waals surface area contributed by atoms with Crippen molar-refractivity contribution in [3.63, 3.8) is 0 Å². The number of aliphatic hydroxyl groups excluding tert-OH is 1. The highest BCUT2D eigenvalue weighted by Crippen LogP contribution is 2.46. The first-order valence-electron chi connectivity index (χ1n) is 11.6. The summed E-state index contributed by atoms with van der Waals surface area (Å²) in [5.74, 6) is 0.0432. The van der Waals surface area contributed by atoms with E-state index in [2.05, 4.69) is 4.98 Å². The van der Waals surface area contributed by atoms with Gasteiger partial charge in [0, 0.05) is 28.9 Å². The lowest BCUT2D eigenvalue weighted by atomic mass is 9.92. The van der Waals surface area contributed by atoms with Gasteiger partial charge in [0.25, 0.3) is 0 Å². The van der Waals surface area contributed by atoms with E-state index in [9.17, 15) is 19.4 Å². The zero-order valence-corrected chi connectivity index (χ0v) is 20.4. The molecule has 5 nitrogen and oxygen atoms in total. The summed E-state index contributed by atoms with van der Waals surface area (Å²) >= 11 is 1.38. The Morgan fingerprint density at radius 2 is 1.61 bits per heavy atom. The minimum atomic E-state index is -0.819. The van der Waals surface area contributed by atoms with Gasteiger partial charge < -0.3 is 15.1 Å². The fraction of sp³-hybridized carbons (Fsp3) is 0.172. The number of β-lactam (4-membered cyclic amide) rings is 1. The molecule has 182 valence electrons. The molecule has 3 aromatic carbocycles. The second kappa shape index (κ2) is 10.1. The van der Waals surface area contributed by atoms with E-state index in [1.54, 1.807) is 29.2 Å². The molecule has 1 saturated heterocycles. The average Bonchev–Trinajstić information content (AvgIpc) is 2.89. The molecule has 2 heterocycles. The predicted octanol–water partition coefficient (Wildman–Crippen LogP) is 5.83. The minimum absolute atomic E-state index is 0.0471. The van der Waals surface area contributed by atoms with Crippen molar-refractivity contribution in [3.05, 3.63) is 114 Å². The third-order valence-corrected chi connectivity index (χ3v) is 7.69. The number of phenols is 1. The van der Waals surface area contributed by atoms with Crippen molar-refractivity contribution in [2.75, 3.05) is 10.7 Å². The maximum atomic E-state index is 13.3. The zero-order chi connectivity index (χ0) is 25.2. The van der Waals surface area contributed by atoms with E-state index in [1.807, 2.05) is 61.7 Å². The summed E-state index contributed by atoms with van der Waals surface area (Å²) < 4.78 is 13.2. The molecule has 1 aromatic heterocycles. The molecule has 7 heteroatoms. The third-order valence-electron chi connectivity index (χ3n) is 6.36. The van der Waals surface area contributed by atoms with Crippen LogP contribution in [0.25, 0.3) is 11.1 Å². The molecule has 0 aliphatic carbocycles. The van der Waals surface area contributed by atoms with Crippen molar-refractivity contribution in [3.8, 4) is 16.9 Å². The number of thioether (sulfide) groups is 1. The summed E-state index contributed by atoms with van der Waals surface area (Å²) in [7, 11) is 0. The Morgan fingerprint density at radius 3 is 2.25 bits per heavy atom. The van der Waals surface area contributed by atoms with Crippen molar-refractivity contribution >= 4 is 23.4 Å². The third kappa shape index (κ3) is 4.85. The number of phenolic OH excluding ortho intramolecular Hbond substituents is 1. The summed E-state index contributed by atoms with van der Waals surface area (Å²) in [4.78, 5) is 19.4. The number of hydrogen-bond acceptors (Lipinski definition) is 5. The van der Waals surface area contributed by atoms with Crippen LogP contribution in [0.3, 0.4) is 0 Å². The quantitative estimate of drug-likeness (QED) is 0.313. The van der Waals surface area contributed by atoms with Crippen LogP contribution >= 0.6 is 11.8 Å². The number of nitrogens with zero attached hydrogens (tertiary/aromatic N) is 2. The molecule has 3 atom stereocenters. The van der Waals surface area contributed by atoms with Crippen LogP contribution in [-0.2, 0) is 4.79 Å². The number of halogens is 1. The molecule has 4 aromatic rings. The molecule has 2 N–H and O–H groups in total. The summed E-state index contributed by atoms with van der Waals surface area (Å²) in [6.45, 7) is 1.94. The summed E-state index contributed by atoms with van der Waals surface area (Å²) in [6.07, 6.45) is 1.01. The van der Waals surface area contributed by atoms with Gasteiger partial charge in [-0.25, -0.2) is 4.39 Å². The van der Waals surface area contributed by atoms with Gasteiger partial charge in [-0.3, -0.25) is 9.78 Å². The summed E-state index contributed by atoms with van der Waals surface area (Å²) in [5.41, 5.74) is 5.24. The molecule has 0 spiro atoms. The Bertz CT molecular complexity index is 1340. The van der Waals surface area contributed by atoms with Gasteiger partial charge in [0.05, 0.1) is 12.1 Å². The number of benzene rings is 3. The topological polar surface area (TPSA) is 73.7 Å². The molecule has 1 aliphatic rings.